The average molecular weight is 325 g/mol. The second-order valence-electron chi connectivity index (χ2n) is 4.57. The first-order chi connectivity index (χ1) is 8.50. The van der Waals surface area contributed by atoms with Crippen LogP contribution in [0.3, 0.4) is 0 Å². The first kappa shape index (κ1) is 16.7. The second-order valence-corrected chi connectivity index (χ2v) is 6.72. The Labute approximate surface area is 125 Å². The van der Waals surface area contributed by atoms with E-state index in [1.807, 2.05) is 0 Å². The smallest absolute Gasteiger partial charge is 0.240 e. The third kappa shape index (κ3) is 4.07. The van der Waals surface area contributed by atoms with Gasteiger partial charge in [-0.2, -0.15) is 0 Å². The number of sulfonamides is 1. The summed E-state index contributed by atoms with van der Waals surface area (Å²) in [5, 5.41) is 3.69. The van der Waals surface area contributed by atoms with E-state index in [-0.39, 0.29) is 17.3 Å². The summed E-state index contributed by atoms with van der Waals surface area (Å²) in [6, 6.07) is 4.92. The fraction of sp³-hybridized carbons (Fsp3) is 0.500. The molecule has 2 rings (SSSR count). The van der Waals surface area contributed by atoms with E-state index in [2.05, 4.69) is 10.0 Å². The Hall–Kier alpha value is -0.330. The van der Waals surface area contributed by atoms with Gasteiger partial charge in [0.05, 0.1) is 4.90 Å². The van der Waals surface area contributed by atoms with Crippen LogP contribution >= 0.6 is 24.0 Å². The highest BCUT2D eigenvalue weighted by Gasteiger charge is 2.21. The quantitative estimate of drug-likeness (QED) is 0.890. The number of hydrogen-bond donors (Lipinski definition) is 2. The van der Waals surface area contributed by atoms with Crippen molar-refractivity contribution in [3.8, 4) is 0 Å². The molecule has 1 saturated heterocycles. The van der Waals surface area contributed by atoms with Gasteiger partial charge < -0.3 is 5.32 Å². The SMILES string of the molecule is Cc1c(Cl)cccc1S(=O)(=O)NCC1CCNC1.Cl. The highest BCUT2D eigenvalue weighted by molar-refractivity contribution is 7.89. The zero-order valence-electron chi connectivity index (χ0n) is 10.6. The molecule has 2 N–H and O–H groups in total. The standard InChI is InChI=1S/C12H17ClN2O2S.ClH/c1-9-11(13)3-2-4-12(9)18(16,17)15-8-10-5-6-14-7-10;/h2-4,10,14-15H,5-8H2,1H3;1H. The van der Waals surface area contributed by atoms with E-state index in [0.717, 1.165) is 19.5 Å². The summed E-state index contributed by atoms with van der Waals surface area (Å²) in [7, 11) is -3.46. The van der Waals surface area contributed by atoms with Gasteiger partial charge in [-0.3, -0.25) is 0 Å². The van der Waals surface area contributed by atoms with Crippen molar-refractivity contribution in [2.75, 3.05) is 19.6 Å². The maximum Gasteiger partial charge on any atom is 0.240 e. The Morgan fingerprint density at radius 1 is 1.47 bits per heavy atom. The van der Waals surface area contributed by atoms with Gasteiger partial charge in [0, 0.05) is 11.6 Å². The third-order valence-corrected chi connectivity index (χ3v) is 5.21. The van der Waals surface area contributed by atoms with E-state index >= 15 is 0 Å². The highest BCUT2D eigenvalue weighted by Crippen LogP contribution is 2.22. The van der Waals surface area contributed by atoms with E-state index in [1.54, 1.807) is 25.1 Å². The van der Waals surface area contributed by atoms with E-state index in [0.29, 0.717) is 23.0 Å². The predicted octanol–water partition coefficient (Wildman–Crippen LogP) is 1.96. The summed E-state index contributed by atoms with van der Waals surface area (Å²) in [6.45, 7) is 4.02. The molecule has 1 atom stereocenters. The summed E-state index contributed by atoms with van der Waals surface area (Å²) < 4.78 is 27.0. The van der Waals surface area contributed by atoms with Gasteiger partial charge >= 0.3 is 0 Å². The van der Waals surface area contributed by atoms with Gasteiger partial charge in [-0.15, -0.1) is 12.4 Å². The molecule has 7 heteroatoms. The molecule has 19 heavy (non-hydrogen) atoms. The molecule has 0 saturated carbocycles. The molecule has 1 heterocycles. The largest absolute Gasteiger partial charge is 0.316 e. The number of rotatable bonds is 4. The zero-order chi connectivity index (χ0) is 13.2. The first-order valence-electron chi connectivity index (χ1n) is 5.96. The van der Waals surface area contributed by atoms with Crippen LogP contribution in [0.15, 0.2) is 23.1 Å². The summed E-state index contributed by atoms with van der Waals surface area (Å²) in [4.78, 5) is 0.265. The highest BCUT2D eigenvalue weighted by atomic mass is 35.5. The van der Waals surface area contributed by atoms with Crippen molar-refractivity contribution >= 4 is 34.0 Å². The van der Waals surface area contributed by atoms with Crippen molar-refractivity contribution in [1.82, 2.24) is 10.0 Å². The topological polar surface area (TPSA) is 58.2 Å². The van der Waals surface area contributed by atoms with Crippen LogP contribution in [0.5, 0.6) is 0 Å². The van der Waals surface area contributed by atoms with Crippen LogP contribution in [0, 0.1) is 12.8 Å². The maximum absolute atomic E-state index is 12.2. The first-order valence-corrected chi connectivity index (χ1v) is 7.82. The Balaban J connectivity index is 0.00000180. The van der Waals surface area contributed by atoms with E-state index in [1.165, 1.54) is 0 Å². The minimum absolute atomic E-state index is 0. The molecule has 0 aliphatic carbocycles. The molecule has 108 valence electrons. The minimum atomic E-state index is -3.46. The molecule has 1 aliphatic rings. The van der Waals surface area contributed by atoms with Crippen LogP contribution in [0.4, 0.5) is 0 Å². The maximum atomic E-state index is 12.2. The molecule has 1 aromatic carbocycles. The number of hydrogen-bond acceptors (Lipinski definition) is 3. The van der Waals surface area contributed by atoms with Crippen molar-refractivity contribution in [3.63, 3.8) is 0 Å². The van der Waals surface area contributed by atoms with Crippen molar-refractivity contribution in [1.29, 1.82) is 0 Å². The van der Waals surface area contributed by atoms with Crippen LogP contribution < -0.4 is 10.0 Å². The molecule has 4 nitrogen and oxygen atoms in total. The van der Waals surface area contributed by atoms with Crippen LogP contribution in [-0.4, -0.2) is 28.1 Å². The fourth-order valence-corrected chi connectivity index (χ4v) is 3.68. The van der Waals surface area contributed by atoms with Crippen molar-refractivity contribution < 1.29 is 8.42 Å². The van der Waals surface area contributed by atoms with Gasteiger partial charge in [0.1, 0.15) is 0 Å². The molecule has 0 amide bonds. The van der Waals surface area contributed by atoms with Gasteiger partial charge in [-0.05, 0) is 50.0 Å². The monoisotopic (exact) mass is 324 g/mol. The van der Waals surface area contributed by atoms with Gasteiger partial charge in [0.2, 0.25) is 10.0 Å². The Bertz CT molecular complexity index is 529. The van der Waals surface area contributed by atoms with Crippen LogP contribution in [-0.2, 0) is 10.0 Å². The minimum Gasteiger partial charge on any atom is -0.316 e. The van der Waals surface area contributed by atoms with Crippen molar-refractivity contribution in [2.45, 2.75) is 18.2 Å². The lowest BCUT2D eigenvalue weighted by atomic mass is 10.1. The van der Waals surface area contributed by atoms with Crippen molar-refractivity contribution in [2.24, 2.45) is 5.92 Å². The lowest BCUT2D eigenvalue weighted by Crippen LogP contribution is -2.30. The predicted molar refractivity (Wildman–Crippen MR) is 79.6 cm³/mol. The molecule has 0 radical (unpaired) electrons. The number of nitrogens with one attached hydrogen (secondary N) is 2. The molecule has 0 spiro atoms. The Morgan fingerprint density at radius 3 is 2.84 bits per heavy atom. The van der Waals surface area contributed by atoms with Gasteiger partial charge in [-0.25, -0.2) is 13.1 Å². The molecule has 0 aromatic heterocycles. The van der Waals surface area contributed by atoms with Crippen LogP contribution in [0.1, 0.15) is 12.0 Å². The Morgan fingerprint density at radius 2 is 2.21 bits per heavy atom. The van der Waals surface area contributed by atoms with E-state index in [9.17, 15) is 8.42 Å². The normalized spacial score (nSPS) is 19.2. The molecule has 1 aliphatic heterocycles. The zero-order valence-corrected chi connectivity index (χ0v) is 13.0. The summed E-state index contributed by atoms with van der Waals surface area (Å²) in [5.41, 5.74) is 0.594. The molecule has 0 bridgehead atoms. The van der Waals surface area contributed by atoms with E-state index in [4.69, 9.17) is 11.6 Å². The van der Waals surface area contributed by atoms with Crippen LogP contribution in [0.2, 0.25) is 5.02 Å². The molecule has 1 unspecified atom stereocenters. The summed E-state index contributed by atoms with van der Waals surface area (Å²) >= 11 is 5.94. The van der Waals surface area contributed by atoms with Gasteiger partial charge in [0.15, 0.2) is 0 Å². The lowest BCUT2D eigenvalue weighted by Gasteiger charge is -2.12. The number of halogens is 2. The molecule has 1 fully saturated rings. The van der Waals surface area contributed by atoms with Gasteiger partial charge in [0.25, 0.3) is 0 Å². The second kappa shape index (κ2) is 6.90. The fourth-order valence-electron chi connectivity index (χ4n) is 2.07. The average Bonchev–Trinajstić information content (AvgIpc) is 2.83. The summed E-state index contributed by atoms with van der Waals surface area (Å²) in [6.07, 6.45) is 1.01. The summed E-state index contributed by atoms with van der Waals surface area (Å²) in [5.74, 6) is 0.374. The van der Waals surface area contributed by atoms with Crippen molar-refractivity contribution in [3.05, 3.63) is 28.8 Å². The third-order valence-electron chi connectivity index (χ3n) is 3.23. The van der Waals surface area contributed by atoms with E-state index < -0.39 is 10.0 Å². The molecular weight excluding hydrogens is 307 g/mol. The number of benzene rings is 1. The van der Waals surface area contributed by atoms with Gasteiger partial charge in [-0.1, -0.05) is 17.7 Å². The Kier molecular flexibility index (Phi) is 6.08. The van der Waals surface area contributed by atoms with Crippen LogP contribution in [0.25, 0.3) is 0 Å². The molecule has 1 aromatic rings. The molecular formula is C12H18Cl2N2O2S. The lowest BCUT2D eigenvalue weighted by molar-refractivity contribution is 0.538.